The fourth-order valence-corrected chi connectivity index (χ4v) is 4.23. The summed E-state index contributed by atoms with van der Waals surface area (Å²) in [7, 11) is 5.56. The Morgan fingerprint density at radius 1 is 1.14 bits per heavy atom. The molecule has 0 saturated heterocycles. The minimum Gasteiger partial charge on any atom is -0.497 e. The Morgan fingerprint density at radius 2 is 1.79 bits per heavy atom. The number of amides is 1. The Morgan fingerprint density at radius 3 is 2.39 bits per heavy atom. The molecule has 2 aromatic carbocycles. The molecule has 2 aromatic rings. The second kappa shape index (κ2) is 11.3. The number of hydrogen-bond donors (Lipinski definition) is 1. The zero-order chi connectivity index (χ0) is 18.7. The van der Waals surface area contributed by atoms with Gasteiger partial charge in [0, 0.05) is 50.7 Å². The number of carbonyl (C=O) groups is 1. The number of rotatable bonds is 5. The van der Waals surface area contributed by atoms with Gasteiger partial charge in [-0.15, -0.1) is 11.8 Å². The predicted octanol–water partition coefficient (Wildman–Crippen LogP) is 3.25. The van der Waals surface area contributed by atoms with Gasteiger partial charge in [0.25, 0.3) is 5.91 Å². The molecule has 1 amide bonds. The molecule has 0 spiro atoms. The fraction of sp³-hybridized carbons (Fsp3) is 0.333. The third-order valence-corrected chi connectivity index (χ3v) is 5.81. The average Bonchev–Trinajstić information content (AvgIpc) is 2.76. The van der Waals surface area contributed by atoms with Crippen molar-refractivity contribution >= 4 is 23.4 Å². The van der Waals surface area contributed by atoms with Crippen LogP contribution in [0.5, 0.6) is 5.75 Å². The van der Waals surface area contributed by atoms with Crippen LogP contribution in [0.15, 0.2) is 53.4 Å². The van der Waals surface area contributed by atoms with Gasteiger partial charge in [0.2, 0.25) is 0 Å². The van der Waals surface area contributed by atoms with Crippen LogP contribution in [0.3, 0.4) is 0 Å². The van der Waals surface area contributed by atoms with Crippen LogP contribution >= 0.6 is 11.8 Å². The largest absolute Gasteiger partial charge is 0.497 e. The molecule has 0 saturated carbocycles. The van der Waals surface area contributed by atoms with Gasteiger partial charge in [-0.2, -0.15) is 0 Å². The first-order chi connectivity index (χ1) is 12.5. The van der Waals surface area contributed by atoms with E-state index in [-0.39, 0.29) is 51.3 Å². The summed E-state index contributed by atoms with van der Waals surface area (Å²) in [6.45, 7) is 1.26. The van der Waals surface area contributed by atoms with E-state index in [4.69, 9.17) is 4.74 Å². The third kappa shape index (κ3) is 5.58. The molecule has 1 radical (unpaired) electrons. The summed E-state index contributed by atoms with van der Waals surface area (Å²) in [5.74, 6) is 0.492. The van der Waals surface area contributed by atoms with Crippen LogP contribution in [-0.4, -0.2) is 56.3 Å². The van der Waals surface area contributed by atoms with Crippen molar-refractivity contribution < 1.29 is 47.3 Å². The molecule has 149 valence electrons. The number of aliphatic hydroxyl groups excluding tert-OH is 1. The van der Waals surface area contributed by atoms with Gasteiger partial charge >= 0.3 is 0 Å². The summed E-state index contributed by atoms with van der Waals surface area (Å²) in [6, 6.07) is 15.4. The van der Waals surface area contributed by atoms with Gasteiger partial charge < -0.3 is 27.1 Å². The number of carbonyl (C=O) groups excluding carboxylic acids is 1. The average molecular weight is 476 g/mol. The number of para-hydroxylation sites is 1. The molecule has 7 heteroatoms. The molecule has 3 rings (SSSR count). The molecule has 28 heavy (non-hydrogen) atoms. The molecule has 2 unspecified atom stereocenters. The van der Waals surface area contributed by atoms with Gasteiger partial charge in [-0.05, 0) is 43.9 Å². The van der Waals surface area contributed by atoms with Crippen molar-refractivity contribution in [1.29, 1.82) is 0 Å². The monoisotopic (exact) mass is 476 g/mol. The number of ether oxygens (including phenoxy) is 1. The summed E-state index contributed by atoms with van der Waals surface area (Å²) in [5, 5.41) is 10.5. The smallest absolute Gasteiger partial charge is 0.257 e. The number of anilines is 1. The number of benzene rings is 2. The second-order valence-electron chi connectivity index (χ2n) is 6.52. The molecule has 0 aromatic heterocycles. The maximum atomic E-state index is 13.0. The van der Waals surface area contributed by atoms with E-state index >= 15 is 0 Å². The fourth-order valence-electron chi connectivity index (χ4n) is 2.96. The maximum absolute atomic E-state index is 13.0. The van der Waals surface area contributed by atoms with E-state index in [1.165, 1.54) is 11.8 Å². The van der Waals surface area contributed by atoms with E-state index < -0.39 is 6.10 Å². The molecule has 1 aliphatic rings. The molecule has 0 fully saturated rings. The van der Waals surface area contributed by atoms with Crippen LogP contribution in [0.4, 0.5) is 5.69 Å². The number of nitrogens with zero attached hydrogens (tertiary/aromatic N) is 2. The van der Waals surface area contributed by atoms with E-state index in [9.17, 15) is 9.90 Å². The molecule has 1 aliphatic heterocycles. The first-order valence-corrected chi connectivity index (χ1v) is 9.43. The zero-order valence-corrected chi connectivity index (χ0v) is 20.5. The predicted molar refractivity (Wildman–Crippen MR) is 111 cm³/mol. The van der Waals surface area contributed by atoms with E-state index in [0.29, 0.717) is 6.54 Å². The van der Waals surface area contributed by atoms with Gasteiger partial charge in [0.15, 0.2) is 0 Å². The summed E-state index contributed by atoms with van der Waals surface area (Å²) < 4.78 is 5.21. The van der Waals surface area contributed by atoms with E-state index in [1.807, 2.05) is 67.5 Å². The van der Waals surface area contributed by atoms with Crippen molar-refractivity contribution in [1.82, 2.24) is 4.90 Å². The zero-order valence-electron chi connectivity index (χ0n) is 16.8. The van der Waals surface area contributed by atoms with E-state index in [1.54, 1.807) is 12.0 Å². The van der Waals surface area contributed by atoms with Gasteiger partial charge in [-0.25, -0.2) is 0 Å². The van der Waals surface area contributed by atoms with Gasteiger partial charge in [-0.1, -0.05) is 24.3 Å². The van der Waals surface area contributed by atoms with Crippen molar-refractivity contribution in [3.8, 4) is 5.75 Å². The Hall–Kier alpha value is -0.916. The van der Waals surface area contributed by atoms with Crippen LogP contribution in [0.2, 0.25) is 0 Å². The summed E-state index contributed by atoms with van der Waals surface area (Å²) >= 11 is 1.53. The molecule has 1 N–H and O–H groups in total. The normalized spacial score (nSPS) is 18.6. The number of fused-ring (bicyclic) bond motifs is 1. The maximum Gasteiger partial charge on any atom is 0.257 e. The van der Waals surface area contributed by atoms with Crippen molar-refractivity contribution in [2.24, 2.45) is 0 Å². The molecular formula is C21H27N2O3SY-. The number of likely N-dealkylation sites (N-methyl/N-ethyl adjacent to an activating group) is 1. The first kappa shape index (κ1) is 25.1. The summed E-state index contributed by atoms with van der Waals surface area (Å²) in [6.07, 6.45) is -1.11. The van der Waals surface area contributed by atoms with Gasteiger partial charge in [0.1, 0.15) is 11.9 Å². The van der Waals surface area contributed by atoms with Crippen molar-refractivity contribution in [3.63, 3.8) is 0 Å². The first-order valence-electron chi connectivity index (χ1n) is 8.55. The van der Waals surface area contributed by atoms with Crippen molar-refractivity contribution in [3.05, 3.63) is 61.5 Å². The van der Waals surface area contributed by atoms with E-state index in [2.05, 4.69) is 0 Å². The molecule has 0 bridgehead atoms. The van der Waals surface area contributed by atoms with Crippen LogP contribution in [0.25, 0.3) is 0 Å². The van der Waals surface area contributed by atoms with Crippen LogP contribution in [0, 0.1) is 7.43 Å². The van der Waals surface area contributed by atoms with Crippen LogP contribution in [-0.2, 0) is 37.5 Å². The summed E-state index contributed by atoms with van der Waals surface area (Å²) in [4.78, 5) is 17.8. The molecular weight excluding hydrogens is 449 g/mol. The van der Waals surface area contributed by atoms with Crippen LogP contribution in [0.1, 0.15) is 10.8 Å². The Balaban J connectivity index is 0.00000196. The number of thioether (sulfide) groups is 1. The van der Waals surface area contributed by atoms with Gasteiger partial charge in [-0.3, -0.25) is 4.79 Å². The number of methoxy groups -OCH3 is 1. The molecule has 0 aliphatic carbocycles. The third-order valence-electron chi connectivity index (χ3n) is 4.43. The van der Waals surface area contributed by atoms with Crippen molar-refractivity contribution in [2.75, 3.05) is 39.2 Å². The van der Waals surface area contributed by atoms with Crippen molar-refractivity contribution in [2.45, 2.75) is 16.2 Å². The Labute approximate surface area is 197 Å². The van der Waals surface area contributed by atoms with Crippen LogP contribution < -0.4 is 9.64 Å². The van der Waals surface area contributed by atoms with E-state index in [0.717, 1.165) is 28.4 Å². The SMILES string of the molecule is COc1ccc(C2Sc3ccccc3N(CCN(C)C)C(=O)C2O)cc1.[CH3-].[Y]. The molecule has 2 atom stereocenters. The molecule has 5 nitrogen and oxygen atoms in total. The summed E-state index contributed by atoms with van der Waals surface area (Å²) in [5.41, 5.74) is 1.76. The quantitative estimate of drug-likeness (QED) is 0.672. The number of hydrogen-bond acceptors (Lipinski definition) is 5. The Bertz CT molecular complexity index is 771. The Kier molecular flexibility index (Phi) is 10.2. The standard InChI is InChI=1S/C20H24N2O3S.CH3.Y/c1-21(2)12-13-22-16-6-4-5-7-17(16)26-19(18(23)20(22)24)14-8-10-15(25-3)11-9-14;;/h4-11,18-19,23H,12-13H2,1-3H3;1H3;/q;-1;. The topological polar surface area (TPSA) is 53.0 Å². The number of aliphatic hydroxyl groups is 1. The van der Waals surface area contributed by atoms with Gasteiger partial charge in [0.05, 0.1) is 18.0 Å². The second-order valence-corrected chi connectivity index (χ2v) is 7.70. The minimum absolute atomic E-state index is 0. The minimum atomic E-state index is -1.11. The molecule has 1 heterocycles.